The molecule has 8 heteroatoms. The summed E-state index contributed by atoms with van der Waals surface area (Å²) in [6.45, 7) is 7.92. The second-order valence-corrected chi connectivity index (χ2v) is 7.88. The van der Waals surface area contributed by atoms with Gasteiger partial charge in [-0.05, 0) is 55.0 Å². The number of ether oxygens (including phenoxy) is 1. The standard InChI is InChI=1S/C22H25FN6O.H2/c1-16-10-18(25-22-24-15-29(26-22)19-4-2-17(23)3-5-19)12-20(11-16)28-13-21(14-28)27-6-8-30-9-7-27;/h2-5,10-12,15,21H,6-9,13-14H2,1H3,(H,25,26);1H. The van der Waals surface area contributed by atoms with Crippen LogP contribution in [0.15, 0.2) is 48.8 Å². The van der Waals surface area contributed by atoms with Crippen molar-refractivity contribution in [3.05, 3.63) is 60.2 Å². The van der Waals surface area contributed by atoms with Crippen LogP contribution in [0.4, 0.5) is 21.7 Å². The Morgan fingerprint density at radius 2 is 1.83 bits per heavy atom. The Kier molecular flexibility index (Phi) is 5.10. The Morgan fingerprint density at radius 1 is 1.07 bits per heavy atom. The lowest BCUT2D eigenvalue weighted by molar-refractivity contribution is 0.0105. The first-order valence-corrected chi connectivity index (χ1v) is 10.3. The summed E-state index contributed by atoms with van der Waals surface area (Å²) in [6, 6.07) is 13.2. The lowest BCUT2D eigenvalue weighted by Crippen LogP contribution is -2.61. The molecule has 0 saturated carbocycles. The van der Waals surface area contributed by atoms with E-state index in [9.17, 15) is 4.39 Å². The average Bonchev–Trinajstić information content (AvgIpc) is 3.16. The van der Waals surface area contributed by atoms with Gasteiger partial charge in [-0.3, -0.25) is 4.90 Å². The minimum atomic E-state index is -0.272. The van der Waals surface area contributed by atoms with Crippen molar-refractivity contribution in [2.45, 2.75) is 13.0 Å². The highest BCUT2D eigenvalue weighted by Crippen LogP contribution is 2.29. The number of aryl methyl sites for hydroxylation is 1. The first kappa shape index (κ1) is 19.0. The summed E-state index contributed by atoms with van der Waals surface area (Å²) in [7, 11) is 0. The molecule has 0 unspecified atom stereocenters. The van der Waals surface area contributed by atoms with E-state index in [4.69, 9.17) is 4.74 Å². The smallest absolute Gasteiger partial charge is 0.246 e. The number of hydrogen-bond acceptors (Lipinski definition) is 6. The van der Waals surface area contributed by atoms with Crippen LogP contribution >= 0.6 is 0 Å². The van der Waals surface area contributed by atoms with Crippen molar-refractivity contribution in [1.82, 2.24) is 19.7 Å². The highest BCUT2D eigenvalue weighted by atomic mass is 19.1. The number of rotatable bonds is 5. The highest BCUT2D eigenvalue weighted by molar-refractivity contribution is 5.65. The number of morpholine rings is 1. The molecule has 2 aliphatic rings. The van der Waals surface area contributed by atoms with E-state index in [1.54, 1.807) is 23.1 Å². The topological polar surface area (TPSA) is 58.5 Å². The molecule has 3 aromatic rings. The Balaban J connectivity index is 0.00000231. The van der Waals surface area contributed by atoms with Crippen molar-refractivity contribution < 1.29 is 10.6 Å². The molecule has 2 aliphatic heterocycles. The van der Waals surface area contributed by atoms with E-state index >= 15 is 0 Å². The predicted molar refractivity (Wildman–Crippen MR) is 116 cm³/mol. The van der Waals surface area contributed by atoms with E-state index in [-0.39, 0.29) is 7.24 Å². The number of nitrogens with zero attached hydrogens (tertiary/aromatic N) is 5. The lowest BCUT2D eigenvalue weighted by atomic mass is 10.0. The predicted octanol–water partition coefficient (Wildman–Crippen LogP) is 3.23. The summed E-state index contributed by atoms with van der Waals surface area (Å²) in [6.07, 6.45) is 1.62. The fourth-order valence-electron chi connectivity index (χ4n) is 4.02. The zero-order chi connectivity index (χ0) is 20.5. The van der Waals surface area contributed by atoms with Gasteiger partial charge in [0.05, 0.1) is 18.9 Å². The summed E-state index contributed by atoms with van der Waals surface area (Å²) in [4.78, 5) is 9.27. The van der Waals surface area contributed by atoms with Crippen LogP contribution in [0.25, 0.3) is 5.69 Å². The van der Waals surface area contributed by atoms with Crippen molar-refractivity contribution >= 4 is 17.3 Å². The highest BCUT2D eigenvalue weighted by Gasteiger charge is 2.32. The second kappa shape index (κ2) is 8.04. The van der Waals surface area contributed by atoms with Crippen molar-refractivity contribution in [3.63, 3.8) is 0 Å². The third kappa shape index (κ3) is 4.01. The molecule has 0 bridgehead atoms. The summed E-state index contributed by atoms with van der Waals surface area (Å²) >= 11 is 0. The van der Waals surface area contributed by atoms with Gasteiger partial charge >= 0.3 is 0 Å². The molecule has 0 aliphatic carbocycles. The van der Waals surface area contributed by atoms with Gasteiger partial charge < -0.3 is 15.0 Å². The minimum absolute atomic E-state index is 0. The minimum Gasteiger partial charge on any atom is -0.379 e. The SMILES string of the molecule is Cc1cc(Nc2ncn(-c3ccc(F)cc3)n2)cc(N2CC(N3CCOCC3)C2)c1.[HH]. The monoisotopic (exact) mass is 410 g/mol. The first-order valence-electron chi connectivity index (χ1n) is 10.3. The van der Waals surface area contributed by atoms with E-state index in [1.165, 1.54) is 23.4 Å². The van der Waals surface area contributed by atoms with Crippen LogP contribution in [-0.2, 0) is 4.74 Å². The van der Waals surface area contributed by atoms with Gasteiger partial charge in [-0.2, -0.15) is 4.98 Å². The van der Waals surface area contributed by atoms with Crippen LogP contribution in [0, 0.1) is 12.7 Å². The maximum Gasteiger partial charge on any atom is 0.246 e. The Morgan fingerprint density at radius 3 is 2.60 bits per heavy atom. The van der Waals surface area contributed by atoms with E-state index in [1.807, 2.05) is 0 Å². The molecule has 2 fully saturated rings. The van der Waals surface area contributed by atoms with Gasteiger partial charge in [-0.15, -0.1) is 5.10 Å². The van der Waals surface area contributed by atoms with Crippen LogP contribution in [0.3, 0.4) is 0 Å². The number of halogens is 1. The van der Waals surface area contributed by atoms with Crippen LogP contribution in [0.2, 0.25) is 0 Å². The molecule has 5 rings (SSSR count). The Bertz CT molecular complexity index is 1020. The van der Waals surface area contributed by atoms with Crippen LogP contribution in [0.1, 0.15) is 6.99 Å². The zero-order valence-corrected chi connectivity index (χ0v) is 17.0. The number of anilines is 3. The van der Waals surface area contributed by atoms with E-state index < -0.39 is 0 Å². The average molecular weight is 410 g/mol. The van der Waals surface area contributed by atoms with Crippen LogP contribution in [0.5, 0.6) is 0 Å². The quantitative estimate of drug-likeness (QED) is 0.697. The molecule has 1 N–H and O–H groups in total. The van der Waals surface area contributed by atoms with Gasteiger partial charge in [0.15, 0.2) is 0 Å². The Hall–Kier alpha value is -2.97. The largest absolute Gasteiger partial charge is 0.379 e. The molecular weight excluding hydrogens is 383 g/mol. The third-order valence-corrected chi connectivity index (χ3v) is 5.69. The fraction of sp³-hybridized carbons (Fsp3) is 0.364. The number of hydrogen-bond donors (Lipinski definition) is 1. The molecular formula is C22H27FN6O. The van der Waals surface area contributed by atoms with Crippen molar-refractivity contribution in [2.24, 2.45) is 0 Å². The molecule has 3 heterocycles. The zero-order valence-electron chi connectivity index (χ0n) is 17.0. The van der Waals surface area contributed by atoms with Gasteiger partial charge in [-0.25, -0.2) is 9.07 Å². The van der Waals surface area contributed by atoms with E-state index in [0.717, 1.165) is 50.8 Å². The molecule has 7 nitrogen and oxygen atoms in total. The van der Waals surface area contributed by atoms with Crippen molar-refractivity contribution in [3.8, 4) is 5.69 Å². The van der Waals surface area contributed by atoms with E-state index in [0.29, 0.717) is 12.0 Å². The first-order chi connectivity index (χ1) is 14.6. The normalized spacial score (nSPS) is 17.7. The van der Waals surface area contributed by atoms with E-state index in [2.05, 4.69) is 50.3 Å². The molecule has 0 atom stereocenters. The van der Waals surface area contributed by atoms with Gasteiger partial charge in [0, 0.05) is 45.0 Å². The van der Waals surface area contributed by atoms with Gasteiger partial charge in [0.1, 0.15) is 12.1 Å². The third-order valence-electron chi connectivity index (χ3n) is 5.69. The van der Waals surface area contributed by atoms with Gasteiger partial charge in [-0.1, -0.05) is 0 Å². The molecule has 0 amide bonds. The van der Waals surface area contributed by atoms with Crippen LogP contribution < -0.4 is 10.2 Å². The summed E-state index contributed by atoms with van der Waals surface area (Å²) < 4.78 is 20.2. The second-order valence-electron chi connectivity index (χ2n) is 7.88. The molecule has 1 aromatic heterocycles. The maximum absolute atomic E-state index is 13.1. The summed E-state index contributed by atoms with van der Waals surface area (Å²) in [5.41, 5.74) is 4.11. The summed E-state index contributed by atoms with van der Waals surface area (Å²) in [5, 5.41) is 7.75. The van der Waals surface area contributed by atoms with Crippen LogP contribution in [-0.4, -0.2) is 65.1 Å². The Labute approximate surface area is 176 Å². The number of nitrogens with one attached hydrogen (secondary N) is 1. The maximum atomic E-state index is 13.1. The number of benzene rings is 2. The molecule has 0 radical (unpaired) electrons. The lowest BCUT2D eigenvalue weighted by Gasteiger charge is -2.47. The molecule has 158 valence electrons. The molecule has 2 aromatic carbocycles. The summed E-state index contributed by atoms with van der Waals surface area (Å²) in [5.74, 6) is 0.233. The van der Waals surface area contributed by atoms with Crippen molar-refractivity contribution in [2.75, 3.05) is 49.6 Å². The molecule has 0 spiro atoms. The van der Waals surface area contributed by atoms with Gasteiger partial charge in [0.25, 0.3) is 0 Å². The van der Waals surface area contributed by atoms with Crippen molar-refractivity contribution in [1.29, 1.82) is 0 Å². The van der Waals surface area contributed by atoms with Gasteiger partial charge in [0.2, 0.25) is 5.95 Å². The fourth-order valence-corrected chi connectivity index (χ4v) is 4.02. The molecule has 30 heavy (non-hydrogen) atoms. The molecule has 2 saturated heterocycles. The number of aromatic nitrogens is 3.